The molecule has 2 aliphatic rings. The zero-order valence-electron chi connectivity index (χ0n) is 13.0. The molecule has 2 rings (SSSR count). The molecular formula is C14H26O8. The summed E-state index contributed by atoms with van der Waals surface area (Å²) in [6.07, 6.45) is -7.96. The van der Waals surface area contributed by atoms with Crippen LogP contribution in [0.2, 0.25) is 0 Å². The minimum atomic E-state index is -1.34. The van der Waals surface area contributed by atoms with E-state index in [1.807, 2.05) is 20.8 Å². The molecule has 2 aliphatic heterocycles. The first-order valence-corrected chi connectivity index (χ1v) is 7.43. The van der Waals surface area contributed by atoms with Crippen LogP contribution in [0, 0.1) is 5.41 Å². The van der Waals surface area contributed by atoms with E-state index in [0.29, 0.717) is 0 Å². The Morgan fingerprint density at radius 1 is 0.864 bits per heavy atom. The second-order valence-corrected chi connectivity index (χ2v) is 6.94. The van der Waals surface area contributed by atoms with Crippen LogP contribution in [0.1, 0.15) is 20.8 Å². The SMILES string of the molecule is CC(C)(C)C1O[C@H](CO)[C@H](O)[C@H]1OC1O[C@H](CO)[C@H](O)[C@H]1O. The molecule has 2 unspecified atom stereocenters. The van der Waals surface area contributed by atoms with E-state index >= 15 is 0 Å². The summed E-state index contributed by atoms with van der Waals surface area (Å²) in [6, 6.07) is 0. The molecular weight excluding hydrogens is 296 g/mol. The Labute approximate surface area is 129 Å². The van der Waals surface area contributed by atoms with Crippen molar-refractivity contribution < 1.29 is 39.7 Å². The van der Waals surface area contributed by atoms with Crippen LogP contribution in [-0.4, -0.2) is 87.8 Å². The molecule has 8 atom stereocenters. The largest absolute Gasteiger partial charge is 0.394 e. The smallest absolute Gasteiger partial charge is 0.187 e. The molecule has 2 saturated heterocycles. The number of rotatable bonds is 4. The van der Waals surface area contributed by atoms with Crippen LogP contribution < -0.4 is 0 Å². The molecule has 0 bridgehead atoms. The minimum Gasteiger partial charge on any atom is -0.394 e. The standard InChI is InChI=1S/C14H26O8/c1-14(2,3)12-11(9(18)7(5-16)20-12)22-13-10(19)8(17)6(4-15)21-13/h6-13,15-19H,4-5H2,1-3H3/t6-,7-,8+,9+,10-,11-,12?,13?/m1/s1. The first-order valence-electron chi connectivity index (χ1n) is 7.43. The molecule has 0 aromatic rings. The van der Waals surface area contributed by atoms with Crippen molar-refractivity contribution in [2.75, 3.05) is 13.2 Å². The third kappa shape index (κ3) is 3.29. The predicted octanol–water partition coefficient (Wildman–Crippen LogP) is -2.02. The fourth-order valence-corrected chi connectivity index (χ4v) is 2.87. The lowest BCUT2D eigenvalue weighted by Crippen LogP contribution is -2.46. The van der Waals surface area contributed by atoms with Gasteiger partial charge in [-0.05, 0) is 5.41 Å². The monoisotopic (exact) mass is 322 g/mol. The molecule has 0 aromatic heterocycles. The van der Waals surface area contributed by atoms with E-state index in [2.05, 4.69) is 0 Å². The summed E-state index contributed by atoms with van der Waals surface area (Å²) in [6.45, 7) is 4.89. The molecule has 5 N–H and O–H groups in total. The highest BCUT2D eigenvalue weighted by Crippen LogP contribution is 2.37. The second-order valence-electron chi connectivity index (χ2n) is 6.94. The van der Waals surface area contributed by atoms with Crippen molar-refractivity contribution in [3.63, 3.8) is 0 Å². The summed E-state index contributed by atoms with van der Waals surface area (Å²) in [5.41, 5.74) is -0.381. The summed E-state index contributed by atoms with van der Waals surface area (Å²) in [5.74, 6) is 0. The van der Waals surface area contributed by atoms with Gasteiger partial charge in [0.15, 0.2) is 6.29 Å². The zero-order valence-corrected chi connectivity index (χ0v) is 13.0. The maximum Gasteiger partial charge on any atom is 0.187 e. The fraction of sp³-hybridized carbons (Fsp3) is 1.00. The van der Waals surface area contributed by atoms with Crippen LogP contribution in [0.15, 0.2) is 0 Å². The lowest BCUT2D eigenvalue weighted by atomic mass is 9.85. The average Bonchev–Trinajstić information content (AvgIpc) is 2.91. The van der Waals surface area contributed by atoms with E-state index in [-0.39, 0.29) is 12.0 Å². The quantitative estimate of drug-likeness (QED) is 0.401. The third-order valence-electron chi connectivity index (χ3n) is 4.16. The highest BCUT2D eigenvalue weighted by molar-refractivity contribution is 4.98. The van der Waals surface area contributed by atoms with Crippen LogP contribution in [0.25, 0.3) is 0 Å². The van der Waals surface area contributed by atoms with Gasteiger partial charge in [0.1, 0.15) is 36.6 Å². The van der Waals surface area contributed by atoms with Gasteiger partial charge in [-0.3, -0.25) is 0 Å². The van der Waals surface area contributed by atoms with Gasteiger partial charge in [0.2, 0.25) is 0 Å². The lowest BCUT2D eigenvalue weighted by Gasteiger charge is -2.33. The average molecular weight is 322 g/mol. The first kappa shape index (κ1) is 18.0. The van der Waals surface area contributed by atoms with Gasteiger partial charge < -0.3 is 39.7 Å². The first-order chi connectivity index (χ1) is 10.2. The van der Waals surface area contributed by atoms with E-state index in [1.165, 1.54) is 0 Å². The summed E-state index contributed by atoms with van der Waals surface area (Å²) in [5, 5.41) is 48.3. The second kappa shape index (κ2) is 6.66. The molecule has 0 aromatic carbocycles. The van der Waals surface area contributed by atoms with Crippen LogP contribution in [0.3, 0.4) is 0 Å². The Morgan fingerprint density at radius 3 is 1.86 bits per heavy atom. The number of hydrogen-bond donors (Lipinski definition) is 5. The summed E-state index contributed by atoms with van der Waals surface area (Å²) >= 11 is 0. The number of hydrogen-bond acceptors (Lipinski definition) is 8. The predicted molar refractivity (Wildman–Crippen MR) is 73.8 cm³/mol. The van der Waals surface area contributed by atoms with Crippen molar-refractivity contribution in [1.29, 1.82) is 0 Å². The summed E-state index contributed by atoms with van der Waals surface area (Å²) in [4.78, 5) is 0. The normalized spacial score (nSPS) is 46.4. The van der Waals surface area contributed by atoms with Gasteiger partial charge in [0, 0.05) is 0 Å². The van der Waals surface area contributed by atoms with Gasteiger partial charge in [-0.1, -0.05) is 20.8 Å². The Balaban J connectivity index is 2.12. The molecule has 130 valence electrons. The molecule has 0 radical (unpaired) electrons. The lowest BCUT2D eigenvalue weighted by molar-refractivity contribution is -0.219. The molecule has 0 saturated carbocycles. The van der Waals surface area contributed by atoms with Crippen LogP contribution in [-0.2, 0) is 14.2 Å². The van der Waals surface area contributed by atoms with E-state index in [4.69, 9.17) is 19.3 Å². The highest BCUT2D eigenvalue weighted by Gasteiger charge is 2.52. The maximum absolute atomic E-state index is 10.3. The number of aliphatic hydroxyl groups excluding tert-OH is 5. The minimum absolute atomic E-state index is 0.358. The van der Waals surface area contributed by atoms with Gasteiger partial charge in [-0.2, -0.15) is 0 Å². The fourth-order valence-electron chi connectivity index (χ4n) is 2.87. The van der Waals surface area contributed by atoms with Gasteiger partial charge in [-0.15, -0.1) is 0 Å². The van der Waals surface area contributed by atoms with E-state index in [0.717, 1.165) is 0 Å². The van der Waals surface area contributed by atoms with Gasteiger partial charge in [0.05, 0.1) is 19.3 Å². The molecule has 22 heavy (non-hydrogen) atoms. The molecule has 0 spiro atoms. The van der Waals surface area contributed by atoms with Crippen molar-refractivity contribution in [2.45, 2.75) is 69.8 Å². The summed E-state index contributed by atoms with van der Waals surface area (Å²) < 4.78 is 16.6. The van der Waals surface area contributed by atoms with Gasteiger partial charge in [0.25, 0.3) is 0 Å². The van der Waals surface area contributed by atoms with Crippen molar-refractivity contribution >= 4 is 0 Å². The van der Waals surface area contributed by atoms with Gasteiger partial charge in [-0.25, -0.2) is 0 Å². The van der Waals surface area contributed by atoms with Crippen LogP contribution >= 0.6 is 0 Å². The Morgan fingerprint density at radius 2 is 1.41 bits per heavy atom. The van der Waals surface area contributed by atoms with Gasteiger partial charge >= 0.3 is 0 Å². The molecule has 2 heterocycles. The van der Waals surface area contributed by atoms with Crippen LogP contribution in [0.4, 0.5) is 0 Å². The number of ether oxygens (including phenoxy) is 3. The third-order valence-corrected chi connectivity index (χ3v) is 4.16. The Hall–Kier alpha value is -0.320. The van der Waals surface area contributed by atoms with Crippen molar-refractivity contribution in [2.24, 2.45) is 5.41 Å². The van der Waals surface area contributed by atoms with E-state index in [1.54, 1.807) is 0 Å². The molecule has 2 fully saturated rings. The van der Waals surface area contributed by atoms with E-state index < -0.39 is 55.6 Å². The molecule has 0 aliphatic carbocycles. The van der Waals surface area contributed by atoms with E-state index in [9.17, 15) is 20.4 Å². The zero-order chi connectivity index (χ0) is 16.7. The highest BCUT2D eigenvalue weighted by atomic mass is 16.7. The molecule has 8 nitrogen and oxygen atoms in total. The van der Waals surface area contributed by atoms with Crippen molar-refractivity contribution in [3.05, 3.63) is 0 Å². The van der Waals surface area contributed by atoms with Crippen molar-refractivity contribution in [3.8, 4) is 0 Å². The topological polar surface area (TPSA) is 129 Å². The Kier molecular flexibility index (Phi) is 5.46. The number of aliphatic hydroxyl groups is 5. The molecule has 8 heteroatoms. The Bertz CT molecular complexity index is 370. The molecule has 0 amide bonds. The van der Waals surface area contributed by atoms with Crippen LogP contribution in [0.5, 0.6) is 0 Å². The van der Waals surface area contributed by atoms with Crippen molar-refractivity contribution in [1.82, 2.24) is 0 Å². The maximum atomic E-state index is 10.3. The summed E-state index contributed by atoms with van der Waals surface area (Å²) in [7, 11) is 0.